The topological polar surface area (TPSA) is 40.5 Å². The first-order valence-corrected chi connectivity index (χ1v) is 11.1. The van der Waals surface area contributed by atoms with Crippen molar-refractivity contribution in [1.29, 1.82) is 0 Å². The largest absolute Gasteiger partial charge is 0.478 e. The van der Waals surface area contributed by atoms with Crippen LogP contribution in [-0.2, 0) is 0 Å². The molecule has 2 heterocycles. The molecule has 1 fully saturated rings. The molecule has 0 radical (unpaired) electrons. The van der Waals surface area contributed by atoms with Gasteiger partial charge >= 0.3 is 5.97 Å². The second-order valence-electron chi connectivity index (χ2n) is 9.32. The Bertz CT molecular complexity index is 995. The van der Waals surface area contributed by atoms with Gasteiger partial charge in [-0.1, -0.05) is 55.3 Å². The molecule has 6 rings (SSSR count). The molecule has 3 heteroatoms. The summed E-state index contributed by atoms with van der Waals surface area (Å²) in [6.45, 7) is 1.11. The van der Waals surface area contributed by atoms with Gasteiger partial charge in [-0.2, -0.15) is 0 Å². The summed E-state index contributed by atoms with van der Waals surface area (Å²) in [5.74, 6) is 1.18. The zero-order chi connectivity index (χ0) is 19.5. The lowest BCUT2D eigenvalue weighted by Gasteiger charge is -2.53. The lowest BCUT2D eigenvalue weighted by Crippen LogP contribution is -2.47. The summed E-state index contributed by atoms with van der Waals surface area (Å²) in [5.41, 5.74) is 5.81. The van der Waals surface area contributed by atoms with Crippen molar-refractivity contribution in [3.63, 3.8) is 0 Å². The molecule has 2 aromatic carbocycles. The quantitative estimate of drug-likeness (QED) is 0.655. The van der Waals surface area contributed by atoms with Gasteiger partial charge < -0.3 is 10.0 Å². The van der Waals surface area contributed by atoms with Crippen LogP contribution >= 0.6 is 0 Å². The Balaban J connectivity index is 1.60. The van der Waals surface area contributed by atoms with Crippen LogP contribution in [0.5, 0.6) is 0 Å². The number of carboxylic acids is 1. The van der Waals surface area contributed by atoms with Gasteiger partial charge in [0.05, 0.1) is 11.6 Å². The van der Waals surface area contributed by atoms with Gasteiger partial charge in [0.25, 0.3) is 0 Å². The third-order valence-corrected chi connectivity index (χ3v) is 7.90. The first-order valence-electron chi connectivity index (χ1n) is 11.1. The van der Waals surface area contributed by atoms with Crippen molar-refractivity contribution >= 4 is 11.7 Å². The highest BCUT2D eigenvalue weighted by Crippen LogP contribution is 2.59. The molecule has 1 N–H and O–H groups in total. The highest BCUT2D eigenvalue weighted by atomic mass is 16.4. The van der Waals surface area contributed by atoms with Crippen LogP contribution in [0.25, 0.3) is 0 Å². The van der Waals surface area contributed by atoms with Crippen LogP contribution in [0.4, 0.5) is 5.69 Å². The van der Waals surface area contributed by atoms with E-state index in [2.05, 4.69) is 47.4 Å². The molecule has 0 saturated heterocycles. The zero-order valence-electron chi connectivity index (χ0n) is 16.6. The summed E-state index contributed by atoms with van der Waals surface area (Å²) < 4.78 is 0. The van der Waals surface area contributed by atoms with Crippen molar-refractivity contribution in [1.82, 2.24) is 0 Å². The smallest absolute Gasteiger partial charge is 0.335 e. The van der Waals surface area contributed by atoms with Gasteiger partial charge in [0.1, 0.15) is 0 Å². The lowest BCUT2D eigenvalue weighted by atomic mass is 9.66. The number of hydrogen-bond acceptors (Lipinski definition) is 2. The fourth-order valence-electron chi connectivity index (χ4n) is 6.74. The van der Waals surface area contributed by atoms with Crippen molar-refractivity contribution in [2.45, 2.75) is 50.0 Å². The van der Waals surface area contributed by atoms with Gasteiger partial charge in [0.2, 0.25) is 0 Å². The van der Waals surface area contributed by atoms with Gasteiger partial charge in [-0.15, -0.1) is 0 Å². The van der Waals surface area contributed by atoms with Crippen molar-refractivity contribution in [2.75, 3.05) is 11.4 Å². The van der Waals surface area contributed by atoms with E-state index in [1.165, 1.54) is 48.1 Å². The molecule has 0 amide bonds. The van der Waals surface area contributed by atoms with Crippen molar-refractivity contribution in [3.05, 3.63) is 76.9 Å². The number of rotatable bonds is 2. The number of carboxylic acid groups (broad SMARTS) is 1. The maximum absolute atomic E-state index is 12.0. The molecule has 3 nitrogen and oxygen atoms in total. The first kappa shape index (κ1) is 17.3. The third-order valence-electron chi connectivity index (χ3n) is 7.90. The van der Waals surface area contributed by atoms with Gasteiger partial charge in [0, 0.05) is 18.2 Å². The number of allylic oxidation sites excluding steroid dienone is 2. The lowest BCUT2D eigenvalue weighted by molar-refractivity contribution is 0.0696. The first-order chi connectivity index (χ1) is 14.2. The summed E-state index contributed by atoms with van der Waals surface area (Å²) >= 11 is 0. The van der Waals surface area contributed by atoms with Gasteiger partial charge in [-0.3, -0.25) is 0 Å². The number of aromatic carboxylic acids is 1. The Morgan fingerprint density at radius 3 is 2.66 bits per heavy atom. The Labute approximate surface area is 172 Å². The minimum atomic E-state index is -0.794. The van der Waals surface area contributed by atoms with Crippen LogP contribution < -0.4 is 4.90 Å². The molecule has 2 aromatic rings. The molecule has 0 bridgehead atoms. The molecule has 2 aliphatic carbocycles. The maximum atomic E-state index is 12.0. The monoisotopic (exact) mass is 385 g/mol. The summed E-state index contributed by atoms with van der Waals surface area (Å²) in [6.07, 6.45) is 10.8. The average molecular weight is 386 g/mol. The van der Waals surface area contributed by atoms with Crippen LogP contribution in [0.3, 0.4) is 0 Å². The minimum Gasteiger partial charge on any atom is -0.478 e. The Hall–Kier alpha value is -2.55. The fourth-order valence-corrected chi connectivity index (χ4v) is 6.74. The highest BCUT2D eigenvalue weighted by molar-refractivity contribution is 5.90. The van der Waals surface area contributed by atoms with Crippen LogP contribution in [0.2, 0.25) is 0 Å². The van der Waals surface area contributed by atoms with Gasteiger partial charge in [0.15, 0.2) is 0 Å². The summed E-state index contributed by atoms with van der Waals surface area (Å²) in [4.78, 5) is 14.6. The van der Waals surface area contributed by atoms with Crippen molar-refractivity contribution < 1.29 is 9.90 Å². The van der Waals surface area contributed by atoms with Crippen molar-refractivity contribution in [2.24, 2.45) is 11.8 Å². The highest BCUT2D eigenvalue weighted by Gasteiger charge is 2.48. The molecular weight excluding hydrogens is 358 g/mol. The molecule has 0 aromatic heterocycles. The molecule has 0 spiro atoms. The summed E-state index contributed by atoms with van der Waals surface area (Å²) in [7, 11) is 0. The van der Waals surface area contributed by atoms with E-state index in [4.69, 9.17) is 0 Å². The number of anilines is 1. The zero-order valence-corrected chi connectivity index (χ0v) is 16.6. The second-order valence-corrected chi connectivity index (χ2v) is 9.32. The maximum Gasteiger partial charge on any atom is 0.335 e. The number of benzene rings is 2. The molecule has 2 aliphatic heterocycles. The molecule has 148 valence electrons. The number of hydrogen-bond donors (Lipinski definition) is 1. The summed E-state index contributed by atoms with van der Waals surface area (Å²) in [5, 5.41) is 9.83. The standard InChI is InChI=1S/C26H27NO2/c28-26(29)18-13-22-19-10-5-4-9-17(19)15-27-24(16-7-2-1-3-8-16)21-12-6-11-20(21)23(14-18)25(22)27/h1-3,6-8,11,13-14,17,19-21,24H,4-5,9-10,12,15H2,(H,28,29)/t17-,19-,20+,21+,24-/m1/s1. The SMILES string of the molecule is O=C(O)c1cc2c3c(c1)[C@@H]1CCCC[C@@H]1CN3[C@H](c1ccccc1)[C@H]1CC=C[C@H]21. The molecule has 4 aliphatic rings. The molecule has 29 heavy (non-hydrogen) atoms. The Kier molecular flexibility index (Phi) is 3.87. The van der Waals surface area contributed by atoms with E-state index in [0.29, 0.717) is 35.3 Å². The van der Waals surface area contributed by atoms with E-state index in [0.717, 1.165) is 13.0 Å². The normalized spacial score (nSPS) is 31.7. The number of nitrogens with zero attached hydrogens (tertiary/aromatic N) is 1. The minimum absolute atomic E-state index is 0.324. The third kappa shape index (κ3) is 2.52. The van der Waals surface area contributed by atoms with E-state index in [1.54, 1.807) is 0 Å². The van der Waals surface area contributed by atoms with Gasteiger partial charge in [-0.05, 0) is 65.8 Å². The van der Waals surface area contributed by atoms with E-state index in [-0.39, 0.29) is 0 Å². The molecule has 1 saturated carbocycles. The van der Waals surface area contributed by atoms with Crippen LogP contribution in [-0.4, -0.2) is 17.6 Å². The number of carbonyl (C=O) groups is 1. The van der Waals surface area contributed by atoms with E-state index < -0.39 is 5.97 Å². The molecule has 0 unspecified atom stereocenters. The van der Waals surface area contributed by atoms with E-state index in [9.17, 15) is 9.90 Å². The fraction of sp³-hybridized carbons (Fsp3) is 0.423. The van der Waals surface area contributed by atoms with Crippen LogP contribution in [0.15, 0.2) is 54.6 Å². The molecule has 5 atom stereocenters. The second kappa shape index (κ2) is 6.48. The molecular formula is C26H27NO2. The average Bonchev–Trinajstić information content (AvgIpc) is 3.24. The number of fused-ring (bicyclic) bond motifs is 4. The predicted octanol–water partition coefficient (Wildman–Crippen LogP) is 5.89. The van der Waals surface area contributed by atoms with Gasteiger partial charge in [-0.25, -0.2) is 4.79 Å². The van der Waals surface area contributed by atoms with E-state index in [1.807, 2.05) is 12.1 Å². The summed E-state index contributed by atoms with van der Waals surface area (Å²) in [6, 6.07) is 15.3. The van der Waals surface area contributed by atoms with Crippen LogP contribution in [0, 0.1) is 11.8 Å². The Morgan fingerprint density at radius 1 is 1.03 bits per heavy atom. The Morgan fingerprint density at radius 2 is 1.83 bits per heavy atom. The van der Waals surface area contributed by atoms with Crippen LogP contribution in [0.1, 0.15) is 77.0 Å². The predicted molar refractivity (Wildman–Crippen MR) is 115 cm³/mol. The van der Waals surface area contributed by atoms with Crippen molar-refractivity contribution in [3.8, 4) is 0 Å². The van der Waals surface area contributed by atoms with E-state index >= 15 is 0 Å².